The fourth-order valence-electron chi connectivity index (χ4n) is 5.50. The molecule has 1 saturated heterocycles. The predicted octanol–water partition coefficient (Wildman–Crippen LogP) is 3.93. The third-order valence-corrected chi connectivity index (χ3v) is 7.20. The van der Waals surface area contributed by atoms with Gasteiger partial charge in [0.25, 0.3) is 5.91 Å². The van der Waals surface area contributed by atoms with Crippen LogP contribution in [0.5, 0.6) is 11.5 Å². The molecule has 1 amide bonds. The molecule has 0 radical (unpaired) electrons. The highest BCUT2D eigenvalue weighted by atomic mass is 16.6. The number of pyridine rings is 1. The molecule has 200 valence electrons. The van der Waals surface area contributed by atoms with Gasteiger partial charge in [0, 0.05) is 31.7 Å². The number of amides is 1. The summed E-state index contributed by atoms with van der Waals surface area (Å²) in [6.45, 7) is 8.11. The third-order valence-electron chi connectivity index (χ3n) is 7.20. The number of nitrogens with one attached hydrogen (secondary N) is 1. The van der Waals surface area contributed by atoms with Crippen LogP contribution in [0.15, 0.2) is 12.3 Å². The number of carbonyl (C=O) groups is 3. The summed E-state index contributed by atoms with van der Waals surface area (Å²) in [5.41, 5.74) is -0.163. The van der Waals surface area contributed by atoms with Gasteiger partial charge >= 0.3 is 11.9 Å². The Labute approximate surface area is 213 Å². The van der Waals surface area contributed by atoms with Crippen molar-refractivity contribution in [3.8, 4) is 11.5 Å². The molecule has 2 fully saturated rings. The van der Waals surface area contributed by atoms with Gasteiger partial charge < -0.3 is 24.3 Å². The van der Waals surface area contributed by atoms with Crippen LogP contribution in [0.4, 0.5) is 0 Å². The van der Waals surface area contributed by atoms with Crippen molar-refractivity contribution in [1.82, 2.24) is 10.3 Å². The molecule has 9 nitrogen and oxygen atoms in total. The Bertz CT molecular complexity index is 913. The van der Waals surface area contributed by atoms with Crippen LogP contribution in [0.3, 0.4) is 0 Å². The number of ether oxygens (including phenoxy) is 4. The van der Waals surface area contributed by atoms with E-state index in [0.717, 1.165) is 25.7 Å². The molecular weight excluding hydrogens is 464 g/mol. The molecular formula is C27H40N2O7. The van der Waals surface area contributed by atoms with Gasteiger partial charge in [-0.05, 0) is 31.1 Å². The number of esters is 2. The Morgan fingerprint density at radius 3 is 2.58 bits per heavy atom. The van der Waals surface area contributed by atoms with Crippen LogP contribution in [0, 0.1) is 23.7 Å². The zero-order valence-electron chi connectivity index (χ0n) is 22.1. The van der Waals surface area contributed by atoms with Crippen LogP contribution in [-0.2, 0) is 19.1 Å². The second kappa shape index (κ2) is 13.0. The molecule has 2 aliphatic rings. The lowest BCUT2D eigenvalue weighted by Gasteiger charge is -2.35. The van der Waals surface area contributed by atoms with Gasteiger partial charge in [0.05, 0.1) is 13.7 Å². The number of cyclic esters (lactones) is 1. The molecule has 1 N–H and O–H groups in total. The zero-order valence-corrected chi connectivity index (χ0v) is 22.1. The molecule has 9 heteroatoms. The van der Waals surface area contributed by atoms with Crippen LogP contribution in [0.25, 0.3) is 0 Å². The third kappa shape index (κ3) is 7.18. The number of hydrogen-bond acceptors (Lipinski definition) is 8. The van der Waals surface area contributed by atoms with Crippen molar-refractivity contribution in [2.24, 2.45) is 23.7 Å². The number of hydrogen-bond donors (Lipinski definition) is 1. The van der Waals surface area contributed by atoms with Gasteiger partial charge in [-0.15, -0.1) is 0 Å². The molecule has 1 aliphatic carbocycles. The molecule has 0 aromatic carbocycles. The molecule has 1 aliphatic heterocycles. The average molecular weight is 505 g/mol. The Morgan fingerprint density at radius 1 is 1.22 bits per heavy atom. The summed E-state index contributed by atoms with van der Waals surface area (Å²) in [5, 5.41) is 2.67. The number of methoxy groups -OCH3 is 1. The Kier molecular flexibility index (Phi) is 10.1. The van der Waals surface area contributed by atoms with E-state index in [1.165, 1.54) is 39.1 Å². The van der Waals surface area contributed by atoms with Crippen molar-refractivity contribution in [2.45, 2.75) is 78.4 Å². The van der Waals surface area contributed by atoms with Gasteiger partial charge in [-0.2, -0.15) is 0 Å². The Balaban J connectivity index is 1.79. The lowest BCUT2D eigenvalue weighted by molar-refractivity contribution is -0.155. The van der Waals surface area contributed by atoms with E-state index in [2.05, 4.69) is 24.1 Å². The first-order valence-electron chi connectivity index (χ1n) is 13.0. The average Bonchev–Trinajstić information content (AvgIpc) is 3.35. The van der Waals surface area contributed by atoms with Gasteiger partial charge in [-0.25, -0.2) is 9.78 Å². The van der Waals surface area contributed by atoms with E-state index in [4.69, 9.17) is 18.9 Å². The van der Waals surface area contributed by atoms with E-state index in [1.54, 1.807) is 0 Å². The van der Waals surface area contributed by atoms with Gasteiger partial charge in [0.15, 0.2) is 17.5 Å². The molecule has 0 bridgehead atoms. The summed E-state index contributed by atoms with van der Waals surface area (Å²) < 4.78 is 22.4. The summed E-state index contributed by atoms with van der Waals surface area (Å²) in [6.07, 6.45) is 7.87. The summed E-state index contributed by atoms with van der Waals surface area (Å²) in [4.78, 5) is 41.9. The maximum absolute atomic E-state index is 13.2. The highest BCUT2D eigenvalue weighted by Gasteiger charge is 2.40. The van der Waals surface area contributed by atoms with E-state index in [-0.39, 0.29) is 41.7 Å². The lowest BCUT2D eigenvalue weighted by atomic mass is 9.75. The summed E-state index contributed by atoms with van der Waals surface area (Å²) in [6, 6.07) is 0.459. The van der Waals surface area contributed by atoms with Crippen molar-refractivity contribution >= 4 is 17.8 Å². The molecule has 1 aromatic heterocycles. The van der Waals surface area contributed by atoms with Crippen molar-refractivity contribution in [3.63, 3.8) is 0 Å². The SMILES string of the molecule is COc1ccnc(C(=O)N[C@H]2COC[C@H](CCC(C)C)[C@@H](C3CCCC3)[C@H](C)OC2=O)c1OC(C)=O. The van der Waals surface area contributed by atoms with Crippen molar-refractivity contribution < 1.29 is 33.3 Å². The highest BCUT2D eigenvalue weighted by Crippen LogP contribution is 2.40. The summed E-state index contributed by atoms with van der Waals surface area (Å²) in [7, 11) is 1.39. The van der Waals surface area contributed by atoms with E-state index in [0.29, 0.717) is 18.4 Å². The lowest BCUT2D eigenvalue weighted by Crippen LogP contribution is -2.46. The van der Waals surface area contributed by atoms with Crippen LogP contribution >= 0.6 is 0 Å². The first-order chi connectivity index (χ1) is 17.2. The number of carbonyl (C=O) groups excluding carboxylic acids is 3. The first-order valence-corrected chi connectivity index (χ1v) is 13.0. The maximum atomic E-state index is 13.2. The molecule has 1 aromatic rings. The number of rotatable bonds is 8. The van der Waals surface area contributed by atoms with E-state index < -0.39 is 23.9 Å². The quantitative estimate of drug-likeness (QED) is 0.530. The Hall–Kier alpha value is -2.68. The van der Waals surface area contributed by atoms with Crippen molar-refractivity contribution in [2.75, 3.05) is 20.3 Å². The zero-order chi connectivity index (χ0) is 26.2. The molecule has 0 unspecified atom stereocenters. The van der Waals surface area contributed by atoms with E-state index in [9.17, 15) is 14.4 Å². The molecule has 2 heterocycles. The van der Waals surface area contributed by atoms with Crippen LogP contribution in [0.1, 0.15) is 76.7 Å². The molecule has 3 rings (SSSR count). The highest BCUT2D eigenvalue weighted by molar-refractivity contribution is 5.98. The van der Waals surface area contributed by atoms with Gasteiger partial charge in [-0.3, -0.25) is 9.59 Å². The first kappa shape index (κ1) is 27.9. The van der Waals surface area contributed by atoms with Crippen LogP contribution in [-0.4, -0.2) is 55.3 Å². The van der Waals surface area contributed by atoms with E-state index in [1.807, 2.05) is 6.92 Å². The topological polar surface area (TPSA) is 113 Å². The monoisotopic (exact) mass is 504 g/mol. The maximum Gasteiger partial charge on any atom is 0.331 e. The second-order valence-electron chi connectivity index (χ2n) is 10.3. The van der Waals surface area contributed by atoms with Crippen LogP contribution < -0.4 is 14.8 Å². The second-order valence-corrected chi connectivity index (χ2v) is 10.3. The smallest absolute Gasteiger partial charge is 0.331 e. The standard InChI is InChI=1S/C27H40N2O7/c1-16(2)10-11-20-14-34-15-21(27(32)35-17(3)23(20)19-8-6-7-9-19)29-26(31)24-25(36-18(4)30)22(33-5)12-13-28-24/h12-13,16-17,19-21,23H,6-11,14-15H2,1-5H3,(H,29,31)/t17-,20-,21-,23+/m0/s1. The fraction of sp³-hybridized carbons (Fsp3) is 0.704. The molecule has 1 saturated carbocycles. The van der Waals surface area contributed by atoms with Gasteiger partial charge in [0.1, 0.15) is 6.10 Å². The fourth-order valence-corrected chi connectivity index (χ4v) is 5.50. The minimum atomic E-state index is -1.02. The number of aromatic nitrogens is 1. The number of nitrogens with zero attached hydrogens (tertiary/aromatic N) is 1. The van der Waals surface area contributed by atoms with Crippen molar-refractivity contribution in [3.05, 3.63) is 18.0 Å². The van der Waals surface area contributed by atoms with E-state index >= 15 is 0 Å². The minimum Gasteiger partial charge on any atom is -0.493 e. The molecule has 4 atom stereocenters. The Morgan fingerprint density at radius 2 is 1.94 bits per heavy atom. The predicted molar refractivity (Wildman–Crippen MR) is 133 cm³/mol. The molecule has 36 heavy (non-hydrogen) atoms. The summed E-state index contributed by atoms with van der Waals surface area (Å²) >= 11 is 0. The normalized spacial score (nSPS) is 25.4. The minimum absolute atomic E-state index is 0.0142. The van der Waals surface area contributed by atoms with Crippen molar-refractivity contribution in [1.29, 1.82) is 0 Å². The largest absolute Gasteiger partial charge is 0.493 e. The van der Waals surface area contributed by atoms with Gasteiger partial charge in [0.2, 0.25) is 5.75 Å². The van der Waals surface area contributed by atoms with Crippen LogP contribution in [0.2, 0.25) is 0 Å². The van der Waals surface area contributed by atoms with Gasteiger partial charge in [-0.1, -0.05) is 46.0 Å². The molecule has 0 spiro atoms. The summed E-state index contributed by atoms with van der Waals surface area (Å²) in [5.74, 6) is -0.194.